The van der Waals surface area contributed by atoms with Crippen LogP contribution in [0.3, 0.4) is 0 Å². The molecule has 0 spiro atoms. The highest BCUT2D eigenvalue weighted by Gasteiger charge is 2.21. The van der Waals surface area contributed by atoms with Gasteiger partial charge in [0.25, 0.3) is 0 Å². The van der Waals surface area contributed by atoms with Crippen LogP contribution in [0.25, 0.3) is 0 Å². The number of ether oxygens (including phenoxy) is 1. The first kappa shape index (κ1) is 9.43. The second-order valence-corrected chi connectivity index (χ2v) is 4.72. The number of aromatic nitrogens is 1. The lowest BCUT2D eigenvalue weighted by Gasteiger charge is -2.32. The summed E-state index contributed by atoms with van der Waals surface area (Å²) in [6.07, 6.45) is 0. The van der Waals surface area contributed by atoms with E-state index in [0.29, 0.717) is 6.04 Å². The predicted molar refractivity (Wildman–Crippen MR) is 57.4 cm³/mol. The van der Waals surface area contributed by atoms with Crippen LogP contribution in [-0.2, 0) is 4.74 Å². The summed E-state index contributed by atoms with van der Waals surface area (Å²) in [7, 11) is 0. The molecule has 13 heavy (non-hydrogen) atoms. The topological polar surface area (TPSA) is 25.4 Å². The summed E-state index contributed by atoms with van der Waals surface area (Å²) in [5.74, 6) is 0. The van der Waals surface area contributed by atoms with Gasteiger partial charge in [-0.1, -0.05) is 0 Å². The Bertz CT molecular complexity index is 291. The highest BCUT2D eigenvalue weighted by Crippen LogP contribution is 2.26. The second kappa shape index (κ2) is 3.94. The van der Waals surface area contributed by atoms with E-state index in [2.05, 4.69) is 32.7 Å². The summed E-state index contributed by atoms with van der Waals surface area (Å²) < 4.78 is 6.29. The number of halogens is 1. The van der Waals surface area contributed by atoms with Crippen LogP contribution in [0.1, 0.15) is 6.92 Å². The molecular weight excluding hydrogens is 252 g/mol. The van der Waals surface area contributed by atoms with Crippen LogP contribution in [0.2, 0.25) is 0 Å². The van der Waals surface area contributed by atoms with Crippen molar-refractivity contribution in [2.24, 2.45) is 0 Å². The Hall–Kier alpha value is -0.130. The summed E-state index contributed by atoms with van der Waals surface area (Å²) in [5, 5.41) is 3.10. The molecule has 5 heteroatoms. The van der Waals surface area contributed by atoms with Gasteiger partial charge in [0.1, 0.15) is 4.60 Å². The van der Waals surface area contributed by atoms with Crippen molar-refractivity contribution in [2.75, 3.05) is 24.7 Å². The number of rotatable bonds is 1. The molecule has 72 valence electrons. The summed E-state index contributed by atoms with van der Waals surface area (Å²) in [6.45, 7) is 4.72. The van der Waals surface area contributed by atoms with E-state index in [-0.39, 0.29) is 0 Å². The molecule has 1 aromatic heterocycles. The van der Waals surface area contributed by atoms with Crippen LogP contribution in [0, 0.1) is 0 Å². The van der Waals surface area contributed by atoms with Gasteiger partial charge in [-0.15, -0.1) is 11.3 Å². The maximum absolute atomic E-state index is 5.36. The molecule has 0 radical (unpaired) electrons. The molecule has 0 N–H and O–H groups in total. The van der Waals surface area contributed by atoms with E-state index in [9.17, 15) is 0 Å². The van der Waals surface area contributed by atoms with Crippen molar-refractivity contribution < 1.29 is 4.74 Å². The van der Waals surface area contributed by atoms with Crippen molar-refractivity contribution in [1.29, 1.82) is 0 Å². The third-order valence-corrected chi connectivity index (χ3v) is 3.66. The molecule has 0 saturated carbocycles. The van der Waals surface area contributed by atoms with Gasteiger partial charge in [0.05, 0.1) is 19.3 Å². The molecule has 1 fully saturated rings. The first-order chi connectivity index (χ1) is 6.27. The molecule has 1 saturated heterocycles. The van der Waals surface area contributed by atoms with Gasteiger partial charge >= 0.3 is 0 Å². The monoisotopic (exact) mass is 262 g/mol. The zero-order chi connectivity index (χ0) is 9.26. The molecular formula is C8H11BrN2OS. The zero-order valence-electron chi connectivity index (χ0n) is 7.36. The zero-order valence-corrected chi connectivity index (χ0v) is 9.77. The predicted octanol–water partition coefficient (Wildman–Crippen LogP) is 2.13. The summed E-state index contributed by atoms with van der Waals surface area (Å²) in [5.41, 5.74) is 0. The summed E-state index contributed by atoms with van der Waals surface area (Å²) >= 11 is 5.03. The minimum atomic E-state index is 0.437. The number of morpholine rings is 1. The van der Waals surface area contributed by atoms with Gasteiger partial charge in [-0.3, -0.25) is 0 Å². The summed E-state index contributed by atoms with van der Waals surface area (Å²) in [6, 6.07) is 0.437. The maximum atomic E-state index is 5.36. The molecule has 0 bridgehead atoms. The average molecular weight is 263 g/mol. The molecule has 1 unspecified atom stereocenters. The van der Waals surface area contributed by atoms with E-state index in [4.69, 9.17) is 4.74 Å². The Labute approximate surface area is 89.9 Å². The fraction of sp³-hybridized carbons (Fsp3) is 0.625. The molecule has 1 aliphatic rings. The van der Waals surface area contributed by atoms with Crippen molar-refractivity contribution in [3.63, 3.8) is 0 Å². The minimum Gasteiger partial charge on any atom is -0.377 e. The number of hydrogen-bond acceptors (Lipinski definition) is 4. The lowest BCUT2D eigenvalue weighted by atomic mass is 10.3. The summed E-state index contributed by atoms with van der Waals surface area (Å²) in [4.78, 5) is 6.68. The number of anilines is 1. The number of nitrogens with zero attached hydrogens (tertiary/aromatic N) is 2. The van der Waals surface area contributed by atoms with E-state index in [0.717, 1.165) is 29.5 Å². The molecule has 3 nitrogen and oxygen atoms in total. The largest absolute Gasteiger partial charge is 0.377 e. The fourth-order valence-corrected chi connectivity index (χ4v) is 2.77. The molecule has 1 aromatic rings. The van der Waals surface area contributed by atoms with Crippen LogP contribution in [0.4, 0.5) is 5.13 Å². The van der Waals surface area contributed by atoms with Gasteiger partial charge in [0.15, 0.2) is 5.13 Å². The Morgan fingerprint density at radius 1 is 1.77 bits per heavy atom. The Morgan fingerprint density at radius 2 is 2.62 bits per heavy atom. The quantitative estimate of drug-likeness (QED) is 0.776. The van der Waals surface area contributed by atoms with Crippen LogP contribution >= 0.6 is 27.3 Å². The minimum absolute atomic E-state index is 0.437. The van der Waals surface area contributed by atoms with Crippen LogP contribution in [0.5, 0.6) is 0 Å². The molecule has 1 aliphatic heterocycles. The average Bonchev–Trinajstić information content (AvgIpc) is 2.53. The first-order valence-corrected chi connectivity index (χ1v) is 5.90. The van der Waals surface area contributed by atoms with Gasteiger partial charge in [0, 0.05) is 11.9 Å². The van der Waals surface area contributed by atoms with Gasteiger partial charge in [-0.2, -0.15) is 0 Å². The Morgan fingerprint density at radius 3 is 3.23 bits per heavy atom. The van der Waals surface area contributed by atoms with Gasteiger partial charge in [-0.25, -0.2) is 4.98 Å². The Balaban J connectivity index is 2.14. The lowest BCUT2D eigenvalue weighted by molar-refractivity contribution is 0.0989. The van der Waals surface area contributed by atoms with Crippen molar-refractivity contribution >= 4 is 32.4 Å². The van der Waals surface area contributed by atoms with Crippen LogP contribution < -0.4 is 4.90 Å². The third-order valence-electron chi connectivity index (χ3n) is 2.08. The van der Waals surface area contributed by atoms with Gasteiger partial charge < -0.3 is 9.64 Å². The van der Waals surface area contributed by atoms with E-state index < -0.39 is 0 Å². The van der Waals surface area contributed by atoms with Crippen LogP contribution in [0.15, 0.2) is 9.98 Å². The van der Waals surface area contributed by atoms with Crippen molar-refractivity contribution in [2.45, 2.75) is 13.0 Å². The van der Waals surface area contributed by atoms with Gasteiger partial charge in [-0.05, 0) is 22.9 Å². The smallest absolute Gasteiger partial charge is 0.186 e. The molecule has 2 heterocycles. The fourth-order valence-electron chi connectivity index (χ4n) is 1.39. The third kappa shape index (κ3) is 2.03. The van der Waals surface area contributed by atoms with E-state index in [1.165, 1.54) is 0 Å². The van der Waals surface area contributed by atoms with Crippen molar-refractivity contribution in [3.8, 4) is 0 Å². The van der Waals surface area contributed by atoms with E-state index in [1.807, 2.05) is 5.38 Å². The first-order valence-electron chi connectivity index (χ1n) is 4.23. The van der Waals surface area contributed by atoms with Crippen molar-refractivity contribution in [1.82, 2.24) is 4.98 Å². The molecule has 0 amide bonds. The highest BCUT2D eigenvalue weighted by atomic mass is 79.9. The second-order valence-electron chi connectivity index (χ2n) is 3.07. The Kier molecular flexibility index (Phi) is 2.86. The lowest BCUT2D eigenvalue weighted by Crippen LogP contribution is -2.43. The number of thiazole rings is 1. The standard InChI is InChI=1S/C8H11BrN2OS/c1-6-4-12-3-2-11(6)8-10-7(9)5-13-8/h5-6H,2-4H2,1H3. The van der Waals surface area contributed by atoms with Crippen molar-refractivity contribution in [3.05, 3.63) is 9.98 Å². The number of hydrogen-bond donors (Lipinski definition) is 0. The van der Waals surface area contributed by atoms with E-state index in [1.54, 1.807) is 11.3 Å². The molecule has 0 aromatic carbocycles. The molecule has 1 atom stereocenters. The van der Waals surface area contributed by atoms with Gasteiger partial charge in [0.2, 0.25) is 0 Å². The highest BCUT2D eigenvalue weighted by molar-refractivity contribution is 9.10. The van der Waals surface area contributed by atoms with Crippen LogP contribution in [-0.4, -0.2) is 30.8 Å². The maximum Gasteiger partial charge on any atom is 0.186 e. The SMILES string of the molecule is CC1COCCN1c1nc(Br)cs1. The van der Waals surface area contributed by atoms with E-state index >= 15 is 0 Å². The normalized spacial score (nSPS) is 23.5. The molecule has 0 aliphatic carbocycles. The molecule has 2 rings (SSSR count).